The molecule has 0 bridgehead atoms. The van der Waals surface area contributed by atoms with Gasteiger partial charge in [-0.3, -0.25) is 9.69 Å². The lowest BCUT2D eigenvalue weighted by molar-refractivity contribution is -0.118. The van der Waals surface area contributed by atoms with Crippen LogP contribution >= 0.6 is 0 Å². The highest BCUT2D eigenvalue weighted by atomic mass is 19.1. The number of rotatable bonds is 6. The van der Waals surface area contributed by atoms with Gasteiger partial charge < -0.3 is 5.32 Å². The molecular weight excluding hydrogens is 334 g/mol. The molecule has 0 saturated carbocycles. The maximum Gasteiger partial charge on any atom is 0.238 e. The molecule has 3 rings (SSSR count). The van der Waals surface area contributed by atoms with Crippen molar-refractivity contribution in [2.75, 3.05) is 18.4 Å². The molecule has 1 unspecified atom stereocenters. The molecule has 3 nitrogen and oxygen atoms in total. The third kappa shape index (κ3) is 4.47. The van der Waals surface area contributed by atoms with E-state index in [9.17, 15) is 13.6 Å². The van der Waals surface area contributed by atoms with Gasteiger partial charge in [0.2, 0.25) is 5.91 Å². The summed E-state index contributed by atoms with van der Waals surface area (Å²) in [6.45, 7) is 3.05. The number of hydrogen-bond donors (Lipinski definition) is 1. The Bertz CT molecular complexity index is 778. The lowest BCUT2D eigenvalue weighted by Crippen LogP contribution is -2.44. The standard InChI is InChI=1S/C21H24F2N2O/c1-2-11-25(18-9-7-15-5-3-4-6-16(15)12-18)14-21(26)24-20-13-17(22)8-10-19(20)23/h3-6,8,10,13,18H,2,7,9,11-12,14H2,1H3,(H,24,26). The maximum atomic E-state index is 13.7. The highest BCUT2D eigenvalue weighted by Crippen LogP contribution is 2.25. The van der Waals surface area contributed by atoms with Gasteiger partial charge in [-0.05, 0) is 55.5 Å². The number of benzene rings is 2. The molecule has 1 aliphatic rings. The van der Waals surface area contributed by atoms with Crippen LogP contribution in [0.2, 0.25) is 0 Å². The number of nitrogens with one attached hydrogen (secondary N) is 1. The number of hydrogen-bond acceptors (Lipinski definition) is 2. The minimum atomic E-state index is -0.631. The van der Waals surface area contributed by atoms with Gasteiger partial charge >= 0.3 is 0 Å². The van der Waals surface area contributed by atoms with Crippen LogP contribution < -0.4 is 5.32 Å². The number of carbonyl (C=O) groups excluding carboxylic acids is 1. The van der Waals surface area contributed by atoms with Gasteiger partial charge in [0.05, 0.1) is 12.2 Å². The van der Waals surface area contributed by atoms with Gasteiger partial charge in [0, 0.05) is 12.1 Å². The summed E-state index contributed by atoms with van der Waals surface area (Å²) in [6.07, 6.45) is 3.84. The van der Waals surface area contributed by atoms with Crippen molar-refractivity contribution < 1.29 is 13.6 Å². The minimum absolute atomic E-state index is 0.111. The topological polar surface area (TPSA) is 32.3 Å². The average molecular weight is 358 g/mol. The molecule has 5 heteroatoms. The SMILES string of the molecule is CCCN(CC(=O)Nc1cc(F)ccc1F)C1CCc2ccccc2C1. The Morgan fingerprint density at radius 3 is 2.73 bits per heavy atom. The predicted octanol–water partition coefficient (Wildman–Crippen LogP) is 4.17. The van der Waals surface area contributed by atoms with Crippen molar-refractivity contribution in [1.82, 2.24) is 4.90 Å². The lowest BCUT2D eigenvalue weighted by Gasteiger charge is -2.34. The van der Waals surface area contributed by atoms with E-state index >= 15 is 0 Å². The number of anilines is 1. The summed E-state index contributed by atoms with van der Waals surface area (Å²) in [4.78, 5) is 14.6. The van der Waals surface area contributed by atoms with Gasteiger partial charge in [-0.15, -0.1) is 0 Å². The number of nitrogens with zero attached hydrogens (tertiary/aromatic N) is 1. The molecular formula is C21H24F2N2O. The first kappa shape index (κ1) is 18.5. The van der Waals surface area contributed by atoms with Crippen LogP contribution in [0.4, 0.5) is 14.5 Å². The number of halogens is 2. The molecule has 0 fully saturated rings. The molecule has 1 atom stereocenters. The number of amides is 1. The maximum absolute atomic E-state index is 13.7. The molecule has 1 N–H and O–H groups in total. The second-order valence-electron chi connectivity index (χ2n) is 6.81. The van der Waals surface area contributed by atoms with E-state index in [2.05, 4.69) is 35.3 Å². The number of aryl methyl sites for hydroxylation is 1. The van der Waals surface area contributed by atoms with E-state index in [1.807, 2.05) is 6.07 Å². The van der Waals surface area contributed by atoms with Crippen LogP contribution in [0.25, 0.3) is 0 Å². The van der Waals surface area contributed by atoms with Crippen molar-refractivity contribution in [1.29, 1.82) is 0 Å². The largest absolute Gasteiger partial charge is 0.322 e. The Morgan fingerprint density at radius 1 is 1.19 bits per heavy atom. The summed E-state index contributed by atoms with van der Waals surface area (Å²) in [5.41, 5.74) is 2.60. The molecule has 0 radical (unpaired) electrons. The fourth-order valence-corrected chi connectivity index (χ4v) is 3.64. The van der Waals surface area contributed by atoms with Crippen LogP contribution in [0.3, 0.4) is 0 Å². The van der Waals surface area contributed by atoms with E-state index in [0.717, 1.165) is 50.4 Å². The van der Waals surface area contributed by atoms with Crippen LogP contribution in [0.1, 0.15) is 30.9 Å². The van der Waals surface area contributed by atoms with Crippen molar-refractivity contribution in [3.8, 4) is 0 Å². The molecule has 138 valence electrons. The molecule has 0 saturated heterocycles. The first-order valence-corrected chi connectivity index (χ1v) is 9.12. The Labute approximate surface area is 153 Å². The quantitative estimate of drug-likeness (QED) is 0.840. The Morgan fingerprint density at radius 2 is 1.96 bits per heavy atom. The van der Waals surface area contributed by atoms with E-state index < -0.39 is 11.6 Å². The van der Waals surface area contributed by atoms with Crippen molar-refractivity contribution in [2.24, 2.45) is 0 Å². The molecule has 2 aromatic carbocycles. The zero-order valence-corrected chi connectivity index (χ0v) is 15.0. The number of carbonyl (C=O) groups is 1. The zero-order chi connectivity index (χ0) is 18.5. The first-order valence-electron chi connectivity index (χ1n) is 9.12. The second-order valence-corrected chi connectivity index (χ2v) is 6.81. The first-order chi connectivity index (χ1) is 12.6. The molecule has 0 heterocycles. The van der Waals surface area contributed by atoms with Crippen molar-refractivity contribution in [2.45, 2.75) is 38.6 Å². The van der Waals surface area contributed by atoms with Crippen LogP contribution in [-0.2, 0) is 17.6 Å². The molecule has 1 amide bonds. The van der Waals surface area contributed by atoms with Crippen molar-refractivity contribution >= 4 is 11.6 Å². The van der Waals surface area contributed by atoms with Gasteiger partial charge in [0.15, 0.2) is 0 Å². The van der Waals surface area contributed by atoms with Crippen LogP contribution in [0.5, 0.6) is 0 Å². The molecule has 0 aliphatic heterocycles. The molecule has 0 aromatic heterocycles. The van der Waals surface area contributed by atoms with Crippen LogP contribution in [0.15, 0.2) is 42.5 Å². The van der Waals surface area contributed by atoms with E-state index in [4.69, 9.17) is 0 Å². The summed E-state index contributed by atoms with van der Waals surface area (Å²) >= 11 is 0. The van der Waals surface area contributed by atoms with Gasteiger partial charge in [0.25, 0.3) is 0 Å². The smallest absolute Gasteiger partial charge is 0.238 e. The summed E-state index contributed by atoms with van der Waals surface area (Å²) in [7, 11) is 0. The molecule has 26 heavy (non-hydrogen) atoms. The fourth-order valence-electron chi connectivity index (χ4n) is 3.64. The van der Waals surface area contributed by atoms with E-state index in [1.54, 1.807) is 0 Å². The molecule has 1 aliphatic carbocycles. The summed E-state index contributed by atoms with van der Waals surface area (Å²) in [6, 6.07) is 11.8. The highest BCUT2D eigenvalue weighted by Gasteiger charge is 2.25. The summed E-state index contributed by atoms with van der Waals surface area (Å²) in [5.74, 6) is -1.52. The third-order valence-corrected chi connectivity index (χ3v) is 4.90. The van der Waals surface area contributed by atoms with Gasteiger partial charge in [-0.1, -0.05) is 31.2 Å². The third-order valence-electron chi connectivity index (χ3n) is 4.90. The lowest BCUT2D eigenvalue weighted by atomic mass is 9.87. The van der Waals surface area contributed by atoms with E-state index in [0.29, 0.717) is 0 Å². The summed E-state index contributed by atoms with van der Waals surface area (Å²) < 4.78 is 27.0. The predicted molar refractivity (Wildman–Crippen MR) is 99.1 cm³/mol. The zero-order valence-electron chi connectivity index (χ0n) is 15.0. The van der Waals surface area contributed by atoms with Crippen molar-refractivity contribution in [3.63, 3.8) is 0 Å². The Hall–Kier alpha value is -2.27. The average Bonchev–Trinajstić information content (AvgIpc) is 2.64. The van der Waals surface area contributed by atoms with Gasteiger partial charge in [0.1, 0.15) is 11.6 Å². The minimum Gasteiger partial charge on any atom is -0.322 e. The highest BCUT2D eigenvalue weighted by molar-refractivity contribution is 5.92. The van der Waals surface area contributed by atoms with Crippen LogP contribution in [0, 0.1) is 11.6 Å². The van der Waals surface area contributed by atoms with Crippen molar-refractivity contribution in [3.05, 3.63) is 65.2 Å². The normalized spacial score (nSPS) is 16.4. The van der Waals surface area contributed by atoms with Crippen LogP contribution in [-0.4, -0.2) is 29.9 Å². The van der Waals surface area contributed by atoms with E-state index in [-0.39, 0.29) is 24.2 Å². The molecule has 2 aromatic rings. The van der Waals surface area contributed by atoms with Gasteiger partial charge in [-0.25, -0.2) is 8.78 Å². The second kappa shape index (κ2) is 8.41. The Kier molecular flexibility index (Phi) is 5.99. The van der Waals surface area contributed by atoms with Gasteiger partial charge in [-0.2, -0.15) is 0 Å². The summed E-state index contributed by atoms with van der Waals surface area (Å²) in [5, 5.41) is 2.50. The molecule has 0 spiro atoms. The fraction of sp³-hybridized carbons (Fsp3) is 0.381. The monoisotopic (exact) mass is 358 g/mol. The number of fused-ring (bicyclic) bond motifs is 1. The van der Waals surface area contributed by atoms with E-state index in [1.165, 1.54) is 11.1 Å². The Balaban J connectivity index is 1.67.